The molecule has 2 saturated carbocycles. The van der Waals surface area contributed by atoms with Crippen molar-refractivity contribution >= 4 is 40.2 Å². The summed E-state index contributed by atoms with van der Waals surface area (Å²) in [5, 5.41) is 16.2. The number of benzene rings is 1. The summed E-state index contributed by atoms with van der Waals surface area (Å²) in [5.74, 6) is -1.06. The lowest BCUT2D eigenvalue weighted by Crippen LogP contribution is -2.54. The van der Waals surface area contributed by atoms with Crippen LogP contribution in [0.5, 0.6) is 0 Å². The SMILES string of the molecule is Cn1ncc2cncc(-c3cn([C@H]4C[C@H](CNc5ccc6c(c5)C(=O)N(C5CCC(=O)NC5=O)C6=O)C4)nc3C3CC3)c21. The molecule has 4 aromatic rings. The number of amides is 4. The molecule has 12 heteroatoms. The van der Waals surface area contributed by atoms with Crippen molar-refractivity contribution in [3.8, 4) is 11.1 Å². The summed E-state index contributed by atoms with van der Waals surface area (Å²) in [6.07, 6.45) is 12.3. The Hall–Kier alpha value is -4.87. The number of nitrogens with one attached hydrogen (secondary N) is 2. The minimum atomic E-state index is -0.968. The summed E-state index contributed by atoms with van der Waals surface area (Å²) in [6.45, 7) is 0.732. The summed E-state index contributed by atoms with van der Waals surface area (Å²) in [4.78, 5) is 55.4. The lowest BCUT2D eigenvalue weighted by molar-refractivity contribution is -0.136. The zero-order valence-corrected chi connectivity index (χ0v) is 23.6. The van der Waals surface area contributed by atoms with E-state index in [1.807, 2.05) is 30.3 Å². The predicted molar refractivity (Wildman–Crippen MR) is 155 cm³/mol. The Morgan fingerprint density at radius 2 is 1.77 bits per heavy atom. The molecule has 1 unspecified atom stereocenters. The normalized spacial score (nSPS) is 23.5. The van der Waals surface area contributed by atoms with E-state index in [1.54, 1.807) is 18.2 Å². The molecule has 43 heavy (non-hydrogen) atoms. The van der Waals surface area contributed by atoms with E-state index in [1.165, 1.54) is 0 Å². The second kappa shape index (κ2) is 9.58. The van der Waals surface area contributed by atoms with Crippen LogP contribution in [0.2, 0.25) is 0 Å². The van der Waals surface area contributed by atoms with Gasteiger partial charge >= 0.3 is 0 Å². The molecular weight excluding hydrogens is 548 g/mol. The third kappa shape index (κ3) is 4.23. The number of nitrogens with zero attached hydrogens (tertiary/aromatic N) is 6. The second-order valence-electron chi connectivity index (χ2n) is 12.2. The quantitative estimate of drug-likeness (QED) is 0.318. The summed E-state index contributed by atoms with van der Waals surface area (Å²) in [7, 11) is 1.96. The van der Waals surface area contributed by atoms with E-state index in [0.717, 1.165) is 70.5 Å². The predicted octanol–water partition coefficient (Wildman–Crippen LogP) is 3.17. The number of rotatable bonds is 7. The fraction of sp³-hybridized carbons (Fsp3) is 0.387. The molecule has 2 aliphatic heterocycles. The van der Waals surface area contributed by atoms with Crippen molar-refractivity contribution in [2.24, 2.45) is 13.0 Å². The zero-order chi connectivity index (χ0) is 29.4. The molecular formula is C31H30N8O4. The van der Waals surface area contributed by atoms with Crippen molar-refractivity contribution in [1.82, 2.24) is 34.8 Å². The minimum absolute atomic E-state index is 0.0957. The molecule has 1 atom stereocenters. The maximum Gasteiger partial charge on any atom is 0.262 e. The number of piperidine rings is 1. The van der Waals surface area contributed by atoms with Gasteiger partial charge in [0.1, 0.15) is 6.04 Å². The largest absolute Gasteiger partial charge is 0.385 e. The highest BCUT2D eigenvalue weighted by atomic mass is 16.2. The van der Waals surface area contributed by atoms with E-state index in [-0.39, 0.29) is 24.0 Å². The van der Waals surface area contributed by atoms with Gasteiger partial charge in [-0.2, -0.15) is 10.2 Å². The highest BCUT2D eigenvalue weighted by Gasteiger charge is 2.44. The second-order valence-corrected chi connectivity index (χ2v) is 12.2. The van der Waals surface area contributed by atoms with Crippen LogP contribution < -0.4 is 10.6 Å². The molecule has 12 nitrogen and oxygen atoms in total. The third-order valence-corrected chi connectivity index (χ3v) is 9.27. The van der Waals surface area contributed by atoms with E-state index in [4.69, 9.17) is 5.10 Å². The van der Waals surface area contributed by atoms with Gasteiger partial charge in [-0.3, -0.25) is 43.7 Å². The Labute approximate surface area is 246 Å². The number of fused-ring (bicyclic) bond motifs is 2. The number of imide groups is 2. The van der Waals surface area contributed by atoms with Crippen LogP contribution in [0.3, 0.4) is 0 Å². The number of aromatic nitrogens is 5. The van der Waals surface area contributed by atoms with Crippen LogP contribution >= 0.6 is 0 Å². The summed E-state index contributed by atoms with van der Waals surface area (Å²) < 4.78 is 4.04. The Morgan fingerprint density at radius 3 is 2.56 bits per heavy atom. The van der Waals surface area contributed by atoms with Gasteiger partial charge in [0, 0.05) is 66.7 Å². The first-order valence-corrected chi connectivity index (χ1v) is 14.8. The van der Waals surface area contributed by atoms with E-state index >= 15 is 0 Å². The van der Waals surface area contributed by atoms with Gasteiger partial charge in [-0.05, 0) is 56.2 Å². The molecule has 1 aromatic carbocycles. The maximum absolute atomic E-state index is 13.1. The number of carbonyl (C=O) groups excluding carboxylic acids is 4. The Bertz CT molecular complexity index is 1850. The fourth-order valence-electron chi connectivity index (χ4n) is 6.71. The molecule has 4 amide bonds. The average Bonchev–Trinajstić information content (AvgIpc) is 3.55. The van der Waals surface area contributed by atoms with Crippen molar-refractivity contribution in [2.75, 3.05) is 11.9 Å². The smallest absolute Gasteiger partial charge is 0.262 e. The molecule has 0 bridgehead atoms. The van der Waals surface area contributed by atoms with E-state index in [2.05, 4.69) is 31.6 Å². The molecule has 1 saturated heterocycles. The van der Waals surface area contributed by atoms with Gasteiger partial charge in [-0.25, -0.2) is 0 Å². The summed E-state index contributed by atoms with van der Waals surface area (Å²) >= 11 is 0. The van der Waals surface area contributed by atoms with Gasteiger partial charge in [-0.1, -0.05) is 0 Å². The number of carbonyl (C=O) groups is 4. The van der Waals surface area contributed by atoms with Crippen LogP contribution in [0.4, 0.5) is 5.69 Å². The first-order valence-electron chi connectivity index (χ1n) is 14.8. The van der Waals surface area contributed by atoms with Crippen LogP contribution in [0.25, 0.3) is 22.0 Å². The van der Waals surface area contributed by atoms with E-state index < -0.39 is 29.7 Å². The monoisotopic (exact) mass is 578 g/mol. The van der Waals surface area contributed by atoms with E-state index in [9.17, 15) is 19.2 Å². The van der Waals surface area contributed by atoms with Gasteiger partial charge in [0.25, 0.3) is 11.8 Å². The molecule has 2 aliphatic carbocycles. The molecule has 218 valence electrons. The number of anilines is 1. The Balaban J connectivity index is 0.937. The van der Waals surface area contributed by atoms with Crippen LogP contribution in [-0.4, -0.2) is 65.7 Å². The van der Waals surface area contributed by atoms with Gasteiger partial charge in [0.05, 0.1) is 34.6 Å². The Morgan fingerprint density at radius 1 is 0.953 bits per heavy atom. The van der Waals surface area contributed by atoms with Gasteiger partial charge in [0.2, 0.25) is 11.8 Å². The van der Waals surface area contributed by atoms with Crippen molar-refractivity contribution in [1.29, 1.82) is 0 Å². The van der Waals surface area contributed by atoms with E-state index in [0.29, 0.717) is 17.9 Å². The topological polar surface area (TPSA) is 144 Å². The molecule has 2 N–H and O–H groups in total. The number of hydrogen-bond acceptors (Lipinski definition) is 8. The molecule has 5 heterocycles. The van der Waals surface area contributed by atoms with Crippen molar-refractivity contribution in [3.63, 3.8) is 0 Å². The minimum Gasteiger partial charge on any atom is -0.385 e. The fourth-order valence-corrected chi connectivity index (χ4v) is 6.71. The first kappa shape index (κ1) is 25.8. The first-order chi connectivity index (χ1) is 20.9. The van der Waals surface area contributed by atoms with Crippen LogP contribution in [-0.2, 0) is 16.6 Å². The third-order valence-electron chi connectivity index (χ3n) is 9.27. The van der Waals surface area contributed by atoms with Crippen molar-refractivity contribution < 1.29 is 19.2 Å². The van der Waals surface area contributed by atoms with Crippen LogP contribution in [0, 0.1) is 5.92 Å². The summed E-state index contributed by atoms with van der Waals surface area (Å²) in [5.41, 5.74) is 5.76. The number of aryl methyl sites for hydroxylation is 1. The number of hydrogen-bond donors (Lipinski definition) is 2. The average molecular weight is 579 g/mol. The maximum atomic E-state index is 13.1. The molecule has 0 radical (unpaired) electrons. The molecule has 4 aliphatic rings. The highest BCUT2D eigenvalue weighted by molar-refractivity contribution is 6.23. The highest BCUT2D eigenvalue weighted by Crippen LogP contribution is 2.46. The molecule has 3 aromatic heterocycles. The molecule has 3 fully saturated rings. The van der Waals surface area contributed by atoms with Crippen LogP contribution in [0.15, 0.2) is 43.0 Å². The molecule has 8 rings (SSSR count). The summed E-state index contributed by atoms with van der Waals surface area (Å²) in [6, 6.07) is 4.47. The van der Waals surface area contributed by atoms with Gasteiger partial charge in [0.15, 0.2) is 0 Å². The molecule has 0 spiro atoms. The van der Waals surface area contributed by atoms with Crippen LogP contribution in [0.1, 0.15) is 76.9 Å². The standard InChI is InChI=1S/C31H30N8O4/c1-37-28-18(13-34-37)12-32-14-23(28)24-15-38(36-27(24)17-2-3-17)20-8-16(9-20)11-33-19-4-5-21-22(10-19)31(43)39(30(21)42)25-6-7-26(40)35-29(25)41/h4-5,10,12-17,20,25,33H,2-3,6-9,11H2,1H3,(H,35,40,41)/t16-,20-,25?. The van der Waals surface area contributed by atoms with Crippen molar-refractivity contribution in [3.05, 3.63) is 59.8 Å². The van der Waals surface area contributed by atoms with Gasteiger partial charge < -0.3 is 5.32 Å². The lowest BCUT2D eigenvalue weighted by atomic mass is 9.80. The van der Waals surface area contributed by atoms with Gasteiger partial charge in [-0.15, -0.1) is 0 Å². The Kier molecular flexibility index (Phi) is 5.75. The number of pyridine rings is 1. The zero-order valence-electron chi connectivity index (χ0n) is 23.6. The van der Waals surface area contributed by atoms with Crippen molar-refractivity contribution in [2.45, 2.75) is 56.5 Å². The lowest BCUT2D eigenvalue weighted by Gasteiger charge is -2.35.